The van der Waals surface area contributed by atoms with Crippen LogP contribution in [0.15, 0.2) is 29.8 Å². The van der Waals surface area contributed by atoms with Gasteiger partial charge in [0.25, 0.3) is 5.91 Å². The van der Waals surface area contributed by atoms with Gasteiger partial charge in [0.2, 0.25) is 5.91 Å². The second kappa shape index (κ2) is 8.93. The lowest BCUT2D eigenvalue weighted by Crippen LogP contribution is -2.51. The molecule has 0 saturated carbocycles. The number of aryl methyl sites for hydroxylation is 1. The van der Waals surface area contributed by atoms with Gasteiger partial charge in [-0.2, -0.15) is 5.10 Å². The first kappa shape index (κ1) is 20.5. The van der Waals surface area contributed by atoms with E-state index in [1.807, 2.05) is 40.9 Å². The number of rotatable bonds is 6. The van der Waals surface area contributed by atoms with Crippen LogP contribution in [0.3, 0.4) is 0 Å². The summed E-state index contributed by atoms with van der Waals surface area (Å²) in [6.45, 7) is 8.05. The van der Waals surface area contributed by atoms with Crippen LogP contribution < -0.4 is 5.32 Å². The van der Waals surface area contributed by atoms with Gasteiger partial charge in [0.15, 0.2) is 5.65 Å². The summed E-state index contributed by atoms with van der Waals surface area (Å²) in [6.07, 6.45) is 1.74. The summed E-state index contributed by atoms with van der Waals surface area (Å²) >= 11 is 1.68. The van der Waals surface area contributed by atoms with E-state index in [4.69, 9.17) is 0 Å². The maximum Gasteiger partial charge on any atom is 0.254 e. The smallest absolute Gasteiger partial charge is 0.254 e. The molecule has 4 rings (SSSR count). The highest BCUT2D eigenvalue weighted by molar-refractivity contribution is 7.09. The van der Waals surface area contributed by atoms with Crippen LogP contribution in [0.25, 0.3) is 11.0 Å². The lowest BCUT2D eigenvalue weighted by Gasteiger charge is -2.34. The number of amides is 2. The van der Waals surface area contributed by atoms with Gasteiger partial charge in [-0.05, 0) is 31.4 Å². The normalized spacial score (nSPS) is 14.9. The Bertz CT molecular complexity index is 1040. The first-order valence-electron chi connectivity index (χ1n) is 10.2. The Morgan fingerprint density at radius 1 is 1.23 bits per heavy atom. The molecule has 2 amide bonds. The number of piperazine rings is 1. The molecule has 1 N–H and O–H groups in total. The van der Waals surface area contributed by atoms with Crippen LogP contribution in [0.5, 0.6) is 0 Å². The number of nitrogens with zero attached hydrogens (tertiary/aromatic N) is 5. The molecular weight excluding hydrogens is 400 g/mol. The van der Waals surface area contributed by atoms with E-state index in [0.29, 0.717) is 51.4 Å². The van der Waals surface area contributed by atoms with Gasteiger partial charge in [-0.1, -0.05) is 6.07 Å². The fourth-order valence-electron chi connectivity index (χ4n) is 3.75. The summed E-state index contributed by atoms with van der Waals surface area (Å²) in [5, 5.41) is 10.1. The molecule has 1 saturated heterocycles. The van der Waals surface area contributed by atoms with Crippen LogP contribution in [0, 0.1) is 6.92 Å². The summed E-state index contributed by atoms with van der Waals surface area (Å²) in [4.78, 5) is 34.9. The van der Waals surface area contributed by atoms with Crippen LogP contribution in [0.1, 0.15) is 27.9 Å². The third-order valence-corrected chi connectivity index (χ3v) is 6.12. The minimum atomic E-state index is -0.00108. The molecule has 0 atom stereocenters. The van der Waals surface area contributed by atoms with Gasteiger partial charge >= 0.3 is 0 Å². The highest BCUT2D eigenvalue weighted by Gasteiger charge is 2.25. The lowest BCUT2D eigenvalue weighted by molar-refractivity contribution is -0.122. The molecule has 9 heteroatoms. The molecule has 1 fully saturated rings. The minimum absolute atomic E-state index is 0.00108. The SMILES string of the molecule is CCNC(=O)CN1CCN(C(=O)c2cc(C)nc3c2cnn3Cc2cccs2)CC1. The number of likely N-dealkylation sites (N-methyl/N-ethyl adjacent to an activating group) is 1. The van der Waals surface area contributed by atoms with Gasteiger partial charge in [-0.3, -0.25) is 14.5 Å². The molecule has 0 aromatic carbocycles. The number of hydrogen-bond acceptors (Lipinski definition) is 6. The van der Waals surface area contributed by atoms with Crippen molar-refractivity contribution in [1.82, 2.24) is 29.9 Å². The largest absolute Gasteiger partial charge is 0.355 e. The van der Waals surface area contributed by atoms with Crippen molar-refractivity contribution in [3.8, 4) is 0 Å². The van der Waals surface area contributed by atoms with Crippen molar-refractivity contribution in [2.75, 3.05) is 39.3 Å². The topological polar surface area (TPSA) is 83.4 Å². The molecule has 0 unspecified atom stereocenters. The van der Waals surface area contributed by atoms with Crippen molar-refractivity contribution in [3.63, 3.8) is 0 Å². The number of thiophene rings is 1. The number of aromatic nitrogens is 3. The zero-order valence-electron chi connectivity index (χ0n) is 17.3. The van der Waals surface area contributed by atoms with E-state index >= 15 is 0 Å². The Balaban J connectivity index is 1.50. The van der Waals surface area contributed by atoms with Gasteiger partial charge in [0.1, 0.15) is 0 Å². The molecule has 0 radical (unpaired) electrons. The van der Waals surface area contributed by atoms with E-state index in [1.54, 1.807) is 17.5 Å². The molecule has 0 aliphatic carbocycles. The minimum Gasteiger partial charge on any atom is -0.355 e. The highest BCUT2D eigenvalue weighted by atomic mass is 32.1. The molecule has 3 aromatic rings. The second-order valence-corrected chi connectivity index (χ2v) is 8.48. The summed E-state index contributed by atoms with van der Waals surface area (Å²) in [6, 6.07) is 5.94. The van der Waals surface area contributed by atoms with E-state index in [1.165, 1.54) is 4.88 Å². The molecule has 4 heterocycles. The second-order valence-electron chi connectivity index (χ2n) is 7.45. The van der Waals surface area contributed by atoms with Gasteiger partial charge in [-0.15, -0.1) is 11.3 Å². The predicted molar refractivity (Wildman–Crippen MR) is 117 cm³/mol. The van der Waals surface area contributed by atoms with Crippen LogP contribution in [0.4, 0.5) is 0 Å². The quantitative estimate of drug-likeness (QED) is 0.649. The number of carbonyl (C=O) groups is 2. The average Bonchev–Trinajstić information content (AvgIpc) is 3.38. The average molecular weight is 427 g/mol. The number of pyridine rings is 1. The third-order valence-electron chi connectivity index (χ3n) is 5.25. The molecular formula is C21H26N6O2S. The zero-order chi connectivity index (χ0) is 21.1. The van der Waals surface area contributed by atoms with Crippen molar-refractivity contribution < 1.29 is 9.59 Å². The molecule has 30 heavy (non-hydrogen) atoms. The fraction of sp³-hybridized carbons (Fsp3) is 0.429. The maximum atomic E-state index is 13.3. The monoisotopic (exact) mass is 426 g/mol. The molecule has 0 spiro atoms. The summed E-state index contributed by atoms with van der Waals surface area (Å²) in [7, 11) is 0. The molecule has 1 aliphatic rings. The first-order chi connectivity index (χ1) is 14.5. The molecule has 8 nitrogen and oxygen atoms in total. The van der Waals surface area contributed by atoms with Crippen molar-refractivity contribution in [3.05, 3.63) is 45.9 Å². The van der Waals surface area contributed by atoms with Gasteiger partial charge in [0, 0.05) is 43.3 Å². The Kier molecular flexibility index (Phi) is 6.10. The number of fused-ring (bicyclic) bond motifs is 1. The number of carbonyl (C=O) groups excluding carboxylic acids is 2. The molecule has 158 valence electrons. The summed E-state index contributed by atoms with van der Waals surface area (Å²) < 4.78 is 1.86. The van der Waals surface area contributed by atoms with Crippen LogP contribution >= 0.6 is 11.3 Å². The van der Waals surface area contributed by atoms with Gasteiger partial charge < -0.3 is 10.2 Å². The Labute approximate surface area is 179 Å². The van der Waals surface area contributed by atoms with Gasteiger partial charge in [0.05, 0.1) is 30.2 Å². The summed E-state index contributed by atoms with van der Waals surface area (Å²) in [5.74, 6) is 0.0285. The molecule has 3 aromatic heterocycles. The maximum absolute atomic E-state index is 13.3. The fourth-order valence-corrected chi connectivity index (χ4v) is 4.44. The number of nitrogens with one attached hydrogen (secondary N) is 1. The third kappa shape index (κ3) is 4.36. The van der Waals surface area contributed by atoms with Crippen LogP contribution in [-0.2, 0) is 11.3 Å². The Morgan fingerprint density at radius 2 is 2.03 bits per heavy atom. The number of hydrogen-bond donors (Lipinski definition) is 1. The van der Waals surface area contributed by atoms with E-state index < -0.39 is 0 Å². The predicted octanol–water partition coefficient (Wildman–Crippen LogP) is 1.74. The van der Waals surface area contributed by atoms with E-state index in [9.17, 15) is 9.59 Å². The molecule has 1 aliphatic heterocycles. The molecule has 0 bridgehead atoms. The van der Waals surface area contributed by atoms with Crippen molar-refractivity contribution in [1.29, 1.82) is 0 Å². The van der Waals surface area contributed by atoms with Crippen molar-refractivity contribution in [2.45, 2.75) is 20.4 Å². The highest BCUT2D eigenvalue weighted by Crippen LogP contribution is 2.22. The van der Waals surface area contributed by atoms with Gasteiger partial charge in [-0.25, -0.2) is 9.67 Å². The lowest BCUT2D eigenvalue weighted by atomic mass is 10.1. The van der Waals surface area contributed by atoms with Crippen LogP contribution in [0.2, 0.25) is 0 Å². The Morgan fingerprint density at radius 3 is 2.73 bits per heavy atom. The van der Waals surface area contributed by atoms with Crippen molar-refractivity contribution in [2.24, 2.45) is 0 Å². The first-order valence-corrected chi connectivity index (χ1v) is 11.1. The van der Waals surface area contributed by atoms with Crippen LogP contribution in [-0.4, -0.2) is 75.6 Å². The van der Waals surface area contributed by atoms with E-state index in [2.05, 4.69) is 26.4 Å². The Hall–Kier alpha value is -2.78. The zero-order valence-corrected chi connectivity index (χ0v) is 18.1. The van der Waals surface area contributed by atoms with E-state index in [-0.39, 0.29) is 11.8 Å². The summed E-state index contributed by atoms with van der Waals surface area (Å²) in [5.41, 5.74) is 2.18. The standard InChI is InChI=1S/C21H26N6O2S/c1-3-22-19(28)14-25-6-8-26(9-7-25)21(29)17-11-15(2)24-20-18(17)12-23-27(20)13-16-5-4-10-30-16/h4-5,10-12H,3,6-9,13-14H2,1-2H3,(H,22,28). The van der Waals surface area contributed by atoms with Crippen molar-refractivity contribution >= 4 is 34.2 Å². The van der Waals surface area contributed by atoms with E-state index in [0.717, 1.165) is 16.7 Å².